The molecule has 9 nitrogen and oxygen atoms in total. The van der Waals surface area contributed by atoms with E-state index in [0.29, 0.717) is 72.1 Å². The number of carbonyl (C=O) groups is 2. The predicted molar refractivity (Wildman–Crippen MR) is 139 cm³/mol. The molecule has 198 valence electrons. The summed E-state index contributed by atoms with van der Waals surface area (Å²) >= 11 is 6.26. The number of aliphatic hydroxyl groups excluding tert-OH is 1. The van der Waals surface area contributed by atoms with Crippen molar-refractivity contribution in [1.29, 1.82) is 0 Å². The number of halogens is 2. The number of ether oxygens (including phenoxy) is 1. The molecular formula is C27H27ClFN5O4. The minimum absolute atomic E-state index is 0.115. The first-order valence-corrected chi connectivity index (χ1v) is 13.1. The molecule has 3 aliphatic heterocycles. The summed E-state index contributed by atoms with van der Waals surface area (Å²) in [5.41, 5.74) is 2.11. The van der Waals surface area contributed by atoms with Crippen LogP contribution in [0.4, 0.5) is 20.6 Å². The van der Waals surface area contributed by atoms with Crippen LogP contribution in [-0.4, -0.2) is 51.3 Å². The standard InChI is InChI=1S/C27H27ClFN5O4/c28-15-5-8-20-19(11-15)27(38-26(37)33-20)9-10-34(14-27)25(36)18-3-1-2-4-23(35)31-21-12-16(29)6-7-17(21)22-13-30-24(18)32-22/h5-8,11-13,18,23,31,35H,1-4,9-10,14H2,(H,30,32)(H,33,37)/t18-,23?,27+/m1/s1. The van der Waals surface area contributed by atoms with Crippen LogP contribution in [0.15, 0.2) is 42.6 Å². The molecule has 3 aromatic rings. The van der Waals surface area contributed by atoms with E-state index in [0.717, 1.165) is 5.56 Å². The highest BCUT2D eigenvalue weighted by molar-refractivity contribution is 6.30. The fourth-order valence-electron chi connectivity index (χ4n) is 5.70. The van der Waals surface area contributed by atoms with Gasteiger partial charge in [0.05, 0.1) is 30.0 Å². The van der Waals surface area contributed by atoms with E-state index >= 15 is 0 Å². The van der Waals surface area contributed by atoms with Gasteiger partial charge in [-0.1, -0.05) is 18.0 Å². The number of aliphatic hydroxyl groups is 1. The number of rotatable bonds is 1. The van der Waals surface area contributed by atoms with E-state index in [9.17, 15) is 19.1 Å². The Morgan fingerprint density at radius 3 is 2.89 bits per heavy atom. The van der Waals surface area contributed by atoms with Crippen LogP contribution in [0, 0.1) is 5.82 Å². The molecule has 1 unspecified atom stereocenters. The van der Waals surface area contributed by atoms with Crippen molar-refractivity contribution >= 4 is 35.0 Å². The van der Waals surface area contributed by atoms with Crippen molar-refractivity contribution in [3.63, 3.8) is 0 Å². The van der Waals surface area contributed by atoms with Gasteiger partial charge >= 0.3 is 6.09 Å². The van der Waals surface area contributed by atoms with Crippen LogP contribution in [0.5, 0.6) is 0 Å². The van der Waals surface area contributed by atoms with Gasteiger partial charge in [0.25, 0.3) is 0 Å². The Balaban J connectivity index is 1.31. The van der Waals surface area contributed by atoms with Gasteiger partial charge in [0.1, 0.15) is 17.9 Å². The lowest BCUT2D eigenvalue weighted by molar-refractivity contribution is -0.133. The average Bonchev–Trinajstić information content (AvgIpc) is 3.52. The van der Waals surface area contributed by atoms with Crippen LogP contribution in [0.3, 0.4) is 0 Å². The minimum atomic E-state index is -0.975. The van der Waals surface area contributed by atoms with Gasteiger partial charge in [0.15, 0.2) is 5.60 Å². The molecule has 3 atom stereocenters. The first-order valence-electron chi connectivity index (χ1n) is 12.7. The van der Waals surface area contributed by atoms with Crippen molar-refractivity contribution in [2.24, 2.45) is 0 Å². The smallest absolute Gasteiger partial charge is 0.412 e. The van der Waals surface area contributed by atoms with E-state index in [-0.39, 0.29) is 12.5 Å². The lowest BCUT2D eigenvalue weighted by Gasteiger charge is -2.35. The number of fused-ring (bicyclic) bond motifs is 6. The maximum absolute atomic E-state index is 14.0. The van der Waals surface area contributed by atoms with Crippen molar-refractivity contribution in [3.8, 4) is 11.3 Å². The molecule has 2 aromatic carbocycles. The molecule has 2 amide bonds. The summed E-state index contributed by atoms with van der Waals surface area (Å²) in [5.74, 6) is -0.569. The topological polar surface area (TPSA) is 120 Å². The van der Waals surface area contributed by atoms with Crippen molar-refractivity contribution in [2.75, 3.05) is 23.7 Å². The van der Waals surface area contributed by atoms with Crippen LogP contribution in [0.1, 0.15) is 49.4 Å². The maximum Gasteiger partial charge on any atom is 0.412 e. The molecule has 4 heterocycles. The van der Waals surface area contributed by atoms with Crippen molar-refractivity contribution in [3.05, 3.63) is 64.8 Å². The van der Waals surface area contributed by atoms with Gasteiger partial charge in [0, 0.05) is 34.8 Å². The molecule has 11 heteroatoms. The largest absolute Gasteiger partial charge is 0.436 e. The quantitative estimate of drug-likeness (QED) is 0.347. The lowest BCUT2D eigenvalue weighted by Crippen LogP contribution is -2.43. The molecule has 0 saturated carbocycles. The zero-order valence-electron chi connectivity index (χ0n) is 20.5. The number of nitrogens with one attached hydrogen (secondary N) is 3. The fourth-order valence-corrected chi connectivity index (χ4v) is 5.87. The number of carbonyl (C=O) groups excluding carboxylic acids is 2. The third kappa shape index (κ3) is 4.48. The Morgan fingerprint density at radius 2 is 2.03 bits per heavy atom. The first-order chi connectivity index (χ1) is 18.3. The summed E-state index contributed by atoms with van der Waals surface area (Å²) in [6, 6.07) is 9.52. The van der Waals surface area contributed by atoms with Crippen LogP contribution in [-0.2, 0) is 15.1 Å². The maximum atomic E-state index is 14.0. The number of imidazole rings is 1. The number of nitrogens with zero attached hydrogens (tertiary/aromatic N) is 2. The molecule has 1 saturated heterocycles. The van der Waals surface area contributed by atoms with E-state index in [4.69, 9.17) is 16.3 Å². The molecule has 6 rings (SSSR count). The summed E-state index contributed by atoms with van der Waals surface area (Å²) in [6.45, 7) is 0.619. The molecule has 38 heavy (non-hydrogen) atoms. The SMILES string of the molecule is O=C1Nc2ccc(Cl)cc2[C@@]2(CCN(C(=O)[C@@H]3CCCCC(O)Nc4cc(F)ccc4-c4cnc3[nH]4)C2)O1. The van der Waals surface area contributed by atoms with Gasteiger partial charge in [-0.3, -0.25) is 10.1 Å². The molecule has 3 aliphatic rings. The number of hydrogen-bond donors (Lipinski definition) is 4. The van der Waals surface area contributed by atoms with Gasteiger partial charge in [-0.2, -0.15) is 0 Å². The van der Waals surface area contributed by atoms with Crippen LogP contribution >= 0.6 is 11.6 Å². The van der Waals surface area contributed by atoms with Crippen LogP contribution in [0.2, 0.25) is 5.02 Å². The predicted octanol–water partition coefficient (Wildman–Crippen LogP) is 4.95. The van der Waals surface area contributed by atoms with Crippen LogP contribution < -0.4 is 10.6 Å². The van der Waals surface area contributed by atoms with Gasteiger partial charge in [-0.25, -0.2) is 14.2 Å². The fraction of sp³-hybridized carbons (Fsp3) is 0.370. The summed E-state index contributed by atoms with van der Waals surface area (Å²) in [6.07, 6.45) is 2.98. The number of hydrogen-bond acceptors (Lipinski definition) is 6. The van der Waals surface area contributed by atoms with Crippen molar-refractivity contribution in [1.82, 2.24) is 14.9 Å². The van der Waals surface area contributed by atoms with Crippen molar-refractivity contribution < 1.29 is 23.8 Å². The molecule has 2 bridgehead atoms. The van der Waals surface area contributed by atoms with Crippen molar-refractivity contribution in [2.45, 2.75) is 49.9 Å². The Bertz CT molecular complexity index is 1410. The Kier molecular flexibility index (Phi) is 6.23. The highest BCUT2D eigenvalue weighted by Gasteiger charge is 2.49. The number of anilines is 2. The number of benzene rings is 2. The van der Waals surface area contributed by atoms with Gasteiger partial charge in [0.2, 0.25) is 5.91 Å². The molecule has 0 aliphatic carbocycles. The monoisotopic (exact) mass is 539 g/mol. The van der Waals surface area contributed by atoms with E-state index in [1.165, 1.54) is 12.1 Å². The molecule has 4 N–H and O–H groups in total. The second kappa shape index (κ2) is 9.59. The van der Waals surface area contributed by atoms with Gasteiger partial charge < -0.3 is 25.0 Å². The molecule has 1 spiro atoms. The van der Waals surface area contributed by atoms with E-state index in [2.05, 4.69) is 20.6 Å². The van der Waals surface area contributed by atoms with Gasteiger partial charge in [-0.15, -0.1) is 0 Å². The normalized spacial score (nSPS) is 24.8. The number of amides is 2. The Labute approximate surface area is 223 Å². The number of aromatic amines is 1. The molecule has 0 radical (unpaired) electrons. The molecular weight excluding hydrogens is 513 g/mol. The van der Waals surface area contributed by atoms with E-state index in [1.807, 2.05) is 0 Å². The highest BCUT2D eigenvalue weighted by atomic mass is 35.5. The minimum Gasteiger partial charge on any atom is -0.436 e. The molecule has 1 aromatic heterocycles. The third-order valence-electron chi connectivity index (χ3n) is 7.58. The van der Waals surface area contributed by atoms with Gasteiger partial charge in [-0.05, 0) is 55.7 Å². The summed E-state index contributed by atoms with van der Waals surface area (Å²) < 4.78 is 19.8. The molecule has 1 fully saturated rings. The number of likely N-dealkylation sites (tertiary alicyclic amines) is 1. The second-order valence-electron chi connectivity index (χ2n) is 10.1. The second-order valence-corrected chi connectivity index (χ2v) is 10.5. The zero-order chi connectivity index (χ0) is 26.4. The third-order valence-corrected chi connectivity index (χ3v) is 7.81. The van der Waals surface area contributed by atoms with E-state index < -0.39 is 29.7 Å². The number of aromatic nitrogens is 2. The summed E-state index contributed by atoms with van der Waals surface area (Å²) in [7, 11) is 0. The lowest BCUT2D eigenvalue weighted by atomic mass is 9.90. The summed E-state index contributed by atoms with van der Waals surface area (Å²) in [5, 5.41) is 16.7. The average molecular weight is 540 g/mol. The van der Waals surface area contributed by atoms with E-state index in [1.54, 1.807) is 35.4 Å². The first kappa shape index (κ1) is 24.7. The summed E-state index contributed by atoms with van der Waals surface area (Å²) in [4.78, 5) is 35.8. The Morgan fingerprint density at radius 1 is 1.18 bits per heavy atom. The zero-order valence-corrected chi connectivity index (χ0v) is 21.2. The number of H-pyrrole nitrogens is 1. The highest BCUT2D eigenvalue weighted by Crippen LogP contribution is 2.44. The Hall–Kier alpha value is -3.63. The van der Waals surface area contributed by atoms with Crippen LogP contribution in [0.25, 0.3) is 11.3 Å².